The monoisotopic (exact) mass is 603 g/mol. The Balaban J connectivity index is 1.13. The summed E-state index contributed by atoms with van der Waals surface area (Å²) in [5.74, 6) is 0.612. The molecule has 0 saturated carbocycles. The van der Waals surface area contributed by atoms with Crippen LogP contribution < -0.4 is 25.5 Å². The van der Waals surface area contributed by atoms with E-state index in [-0.39, 0.29) is 25.0 Å². The molecule has 45 heavy (non-hydrogen) atoms. The molecule has 0 saturated heterocycles. The van der Waals surface area contributed by atoms with Crippen LogP contribution in [0, 0.1) is 0 Å². The number of aryl methyl sites for hydroxylation is 1. The molecule has 228 valence electrons. The molecule has 1 aromatic heterocycles. The van der Waals surface area contributed by atoms with Crippen LogP contribution >= 0.6 is 0 Å². The number of hydrogen-bond acceptors (Lipinski definition) is 8. The Bertz CT molecular complexity index is 1790. The van der Waals surface area contributed by atoms with Crippen LogP contribution in [0.5, 0.6) is 11.5 Å². The van der Waals surface area contributed by atoms with Crippen molar-refractivity contribution in [1.82, 2.24) is 20.0 Å². The zero-order chi connectivity index (χ0) is 31.2. The van der Waals surface area contributed by atoms with Crippen molar-refractivity contribution in [2.75, 3.05) is 23.2 Å². The molecule has 5 aromatic rings. The van der Waals surface area contributed by atoms with Crippen LogP contribution in [0.4, 0.5) is 17.1 Å². The van der Waals surface area contributed by atoms with Gasteiger partial charge in [-0.05, 0) is 60.5 Å². The van der Waals surface area contributed by atoms with Gasteiger partial charge in [0.1, 0.15) is 25.0 Å². The molecule has 2 heterocycles. The molecule has 1 aliphatic heterocycles. The number of carbonyl (C=O) groups excluding carboxylic acids is 2. The highest BCUT2D eigenvalue weighted by Crippen LogP contribution is 2.37. The van der Waals surface area contributed by atoms with Crippen molar-refractivity contribution in [2.24, 2.45) is 0 Å². The van der Waals surface area contributed by atoms with Gasteiger partial charge in [-0.25, -0.2) is 9.69 Å². The highest BCUT2D eigenvalue weighted by Gasteiger charge is 2.34. The molecule has 6 rings (SSSR count). The SMILES string of the molecule is CCc1ccc(NC(=O)Cn2cc(COc3ccc(C4Nc5ccccc5C(=O)N4Nc4ccccc4)cc3OC)nn2)cc1. The Kier molecular flexibility index (Phi) is 8.58. The van der Waals surface area contributed by atoms with E-state index < -0.39 is 6.17 Å². The average molecular weight is 604 g/mol. The number of ether oxygens (including phenoxy) is 2. The molecular formula is C34H33N7O4. The molecule has 11 heteroatoms. The molecule has 1 atom stereocenters. The number of carbonyl (C=O) groups is 2. The normalized spacial score (nSPS) is 13.9. The lowest BCUT2D eigenvalue weighted by molar-refractivity contribution is -0.116. The number of nitrogens with zero attached hydrogens (tertiary/aromatic N) is 4. The standard InChI is InChI=1S/C34H33N7O4/c1-3-23-13-16-25(17-14-23)35-32(42)21-40-20-27(37-39-40)22-45-30-18-15-24(19-31(30)44-2)33-36-29-12-8-7-11-28(29)34(43)41(33)38-26-9-5-4-6-10-26/h4-20,33,36,38H,3,21-22H2,1-2H3,(H,35,42). The summed E-state index contributed by atoms with van der Waals surface area (Å²) < 4.78 is 13.2. The molecule has 0 radical (unpaired) electrons. The Morgan fingerprint density at radius 3 is 2.49 bits per heavy atom. The van der Waals surface area contributed by atoms with Gasteiger partial charge in [-0.3, -0.25) is 15.0 Å². The van der Waals surface area contributed by atoms with Crippen molar-refractivity contribution in [3.05, 3.63) is 126 Å². The first kappa shape index (κ1) is 29.2. The van der Waals surface area contributed by atoms with Gasteiger partial charge in [0.25, 0.3) is 5.91 Å². The molecule has 2 amide bonds. The van der Waals surface area contributed by atoms with Crippen LogP contribution in [0.3, 0.4) is 0 Å². The first-order chi connectivity index (χ1) is 22.0. The highest BCUT2D eigenvalue weighted by molar-refractivity contribution is 6.02. The van der Waals surface area contributed by atoms with Gasteiger partial charge in [-0.1, -0.05) is 60.7 Å². The van der Waals surface area contributed by atoms with Crippen molar-refractivity contribution >= 4 is 28.9 Å². The summed E-state index contributed by atoms with van der Waals surface area (Å²) >= 11 is 0. The van der Waals surface area contributed by atoms with E-state index >= 15 is 0 Å². The number of benzene rings is 4. The molecule has 0 aliphatic carbocycles. The van der Waals surface area contributed by atoms with Crippen LogP contribution in [-0.2, 0) is 24.4 Å². The lowest BCUT2D eigenvalue weighted by Gasteiger charge is -2.38. The summed E-state index contributed by atoms with van der Waals surface area (Å²) in [6.07, 6.45) is 2.07. The minimum absolute atomic E-state index is 0.0182. The molecule has 1 unspecified atom stereocenters. The zero-order valence-electron chi connectivity index (χ0n) is 24.9. The second kappa shape index (κ2) is 13.2. The van der Waals surface area contributed by atoms with Crippen LogP contribution in [-0.4, -0.2) is 38.9 Å². The fourth-order valence-corrected chi connectivity index (χ4v) is 5.03. The summed E-state index contributed by atoms with van der Waals surface area (Å²) in [6, 6.07) is 30.2. The Morgan fingerprint density at radius 2 is 1.71 bits per heavy atom. The molecule has 4 aromatic carbocycles. The second-order valence-electron chi connectivity index (χ2n) is 10.5. The second-order valence-corrected chi connectivity index (χ2v) is 10.5. The third-order valence-electron chi connectivity index (χ3n) is 7.37. The Morgan fingerprint density at radius 1 is 0.933 bits per heavy atom. The van der Waals surface area contributed by atoms with Gasteiger partial charge in [-0.15, -0.1) is 5.10 Å². The van der Waals surface area contributed by atoms with E-state index in [1.807, 2.05) is 84.9 Å². The van der Waals surface area contributed by atoms with Crippen LogP contribution in [0.2, 0.25) is 0 Å². The average Bonchev–Trinajstić information content (AvgIpc) is 3.52. The van der Waals surface area contributed by atoms with Gasteiger partial charge in [0, 0.05) is 16.9 Å². The van der Waals surface area contributed by atoms with Gasteiger partial charge >= 0.3 is 0 Å². The first-order valence-electron chi connectivity index (χ1n) is 14.6. The van der Waals surface area contributed by atoms with Crippen LogP contribution in [0.1, 0.15) is 40.3 Å². The summed E-state index contributed by atoms with van der Waals surface area (Å²) in [7, 11) is 1.56. The Hall–Kier alpha value is -5.84. The van der Waals surface area contributed by atoms with Gasteiger partial charge in [0.05, 0.1) is 24.6 Å². The molecule has 0 bridgehead atoms. The molecule has 1 aliphatic rings. The number of hydrogen-bond donors (Lipinski definition) is 3. The minimum Gasteiger partial charge on any atom is -0.493 e. The van der Waals surface area contributed by atoms with Crippen LogP contribution in [0.15, 0.2) is 103 Å². The smallest absolute Gasteiger partial charge is 0.276 e. The number of anilines is 3. The maximum atomic E-state index is 13.6. The van der Waals surface area contributed by atoms with Crippen molar-refractivity contribution in [2.45, 2.75) is 32.7 Å². The Labute approximate surface area is 260 Å². The predicted molar refractivity (Wildman–Crippen MR) is 171 cm³/mol. The number of nitrogens with one attached hydrogen (secondary N) is 3. The van der Waals surface area contributed by atoms with E-state index in [9.17, 15) is 9.59 Å². The van der Waals surface area contributed by atoms with Crippen molar-refractivity contribution in [3.63, 3.8) is 0 Å². The number of fused-ring (bicyclic) bond motifs is 1. The molecule has 3 N–H and O–H groups in total. The number of methoxy groups -OCH3 is 1. The fourth-order valence-electron chi connectivity index (χ4n) is 5.03. The molecule has 11 nitrogen and oxygen atoms in total. The fraction of sp³-hybridized carbons (Fsp3) is 0.176. The van der Waals surface area contributed by atoms with Crippen molar-refractivity contribution in [1.29, 1.82) is 0 Å². The number of amides is 2. The van der Waals surface area contributed by atoms with E-state index in [0.717, 1.165) is 29.0 Å². The minimum atomic E-state index is -0.536. The molecular weight excluding hydrogens is 570 g/mol. The van der Waals surface area contributed by atoms with Crippen LogP contribution in [0.25, 0.3) is 0 Å². The highest BCUT2D eigenvalue weighted by atomic mass is 16.5. The third kappa shape index (κ3) is 6.72. The number of aromatic nitrogens is 3. The van der Waals surface area contributed by atoms with Gasteiger partial charge in [0.15, 0.2) is 11.5 Å². The van der Waals surface area contributed by atoms with Gasteiger partial charge in [0.2, 0.25) is 5.91 Å². The number of hydrazine groups is 1. The van der Waals surface area contributed by atoms with E-state index in [1.54, 1.807) is 30.4 Å². The summed E-state index contributed by atoms with van der Waals surface area (Å²) in [4.78, 5) is 26.1. The van der Waals surface area contributed by atoms with Crippen molar-refractivity contribution in [3.8, 4) is 11.5 Å². The van der Waals surface area contributed by atoms with Gasteiger partial charge < -0.3 is 20.1 Å². The molecule has 0 fully saturated rings. The predicted octanol–water partition coefficient (Wildman–Crippen LogP) is 5.66. The van der Waals surface area contributed by atoms with E-state index in [4.69, 9.17) is 9.47 Å². The topological polar surface area (TPSA) is 123 Å². The van der Waals surface area contributed by atoms with E-state index in [0.29, 0.717) is 22.8 Å². The van der Waals surface area contributed by atoms with Gasteiger partial charge in [-0.2, -0.15) is 0 Å². The summed E-state index contributed by atoms with van der Waals surface area (Å²) in [5, 5.41) is 16.1. The lowest BCUT2D eigenvalue weighted by atomic mass is 10.0. The largest absolute Gasteiger partial charge is 0.493 e. The maximum Gasteiger partial charge on any atom is 0.276 e. The van der Waals surface area contributed by atoms with E-state index in [1.165, 1.54) is 10.2 Å². The van der Waals surface area contributed by atoms with E-state index in [2.05, 4.69) is 33.3 Å². The zero-order valence-corrected chi connectivity index (χ0v) is 24.9. The quantitative estimate of drug-likeness (QED) is 0.177. The maximum absolute atomic E-state index is 13.6. The summed E-state index contributed by atoms with van der Waals surface area (Å²) in [5.41, 5.74) is 8.61. The number of para-hydroxylation sites is 2. The first-order valence-corrected chi connectivity index (χ1v) is 14.6. The lowest BCUT2D eigenvalue weighted by Crippen LogP contribution is -2.46. The summed E-state index contributed by atoms with van der Waals surface area (Å²) in [6.45, 7) is 2.22. The third-order valence-corrected chi connectivity index (χ3v) is 7.37. The molecule has 0 spiro atoms. The van der Waals surface area contributed by atoms with Crippen molar-refractivity contribution < 1.29 is 19.1 Å². The number of rotatable bonds is 11.